The molecule has 94 valence electrons. The van der Waals surface area contributed by atoms with E-state index < -0.39 is 0 Å². The van der Waals surface area contributed by atoms with Crippen molar-refractivity contribution in [3.63, 3.8) is 0 Å². The molecule has 1 aromatic rings. The fourth-order valence-electron chi connectivity index (χ4n) is 1.52. The molecule has 0 radical (unpaired) electrons. The first-order chi connectivity index (χ1) is 8.13. The van der Waals surface area contributed by atoms with E-state index in [2.05, 4.69) is 32.2 Å². The van der Waals surface area contributed by atoms with Gasteiger partial charge in [-0.05, 0) is 29.7 Å². The number of thioether (sulfide) groups is 1. The predicted octanol–water partition coefficient (Wildman–Crippen LogP) is 3.58. The number of hydrogen-bond donors (Lipinski definition) is 1. The Morgan fingerprint density at radius 2 is 2.06 bits per heavy atom. The van der Waals surface area contributed by atoms with Gasteiger partial charge in [0.25, 0.3) is 0 Å². The van der Waals surface area contributed by atoms with Gasteiger partial charge in [0.15, 0.2) is 0 Å². The van der Waals surface area contributed by atoms with E-state index in [-0.39, 0.29) is 5.91 Å². The van der Waals surface area contributed by atoms with Crippen molar-refractivity contribution < 1.29 is 4.79 Å². The highest BCUT2D eigenvalue weighted by molar-refractivity contribution is 7.99. The van der Waals surface area contributed by atoms with Gasteiger partial charge in [-0.3, -0.25) is 4.79 Å². The van der Waals surface area contributed by atoms with Gasteiger partial charge in [-0.15, -0.1) is 0 Å². The molecule has 0 atom stereocenters. The number of para-hydroxylation sites is 1. The number of hydrogen-bond acceptors (Lipinski definition) is 2. The SMILES string of the molecule is CCc1ccccc1NC(=O)CSCC(C)C. The van der Waals surface area contributed by atoms with E-state index in [0.29, 0.717) is 11.7 Å². The molecule has 1 rings (SSSR count). The van der Waals surface area contributed by atoms with Crippen LogP contribution in [0.4, 0.5) is 5.69 Å². The minimum atomic E-state index is 0.0940. The summed E-state index contributed by atoms with van der Waals surface area (Å²) in [5.41, 5.74) is 2.14. The van der Waals surface area contributed by atoms with Crippen molar-refractivity contribution in [3.05, 3.63) is 29.8 Å². The van der Waals surface area contributed by atoms with Crippen molar-refractivity contribution >= 4 is 23.4 Å². The van der Waals surface area contributed by atoms with Crippen LogP contribution in [0.15, 0.2) is 24.3 Å². The van der Waals surface area contributed by atoms with Gasteiger partial charge < -0.3 is 5.32 Å². The van der Waals surface area contributed by atoms with Crippen LogP contribution in [-0.4, -0.2) is 17.4 Å². The zero-order valence-corrected chi connectivity index (χ0v) is 11.6. The number of carbonyl (C=O) groups excluding carboxylic acids is 1. The zero-order chi connectivity index (χ0) is 12.7. The Bertz CT molecular complexity index is 363. The van der Waals surface area contributed by atoms with Crippen LogP contribution in [0.1, 0.15) is 26.3 Å². The molecule has 0 unspecified atom stereocenters. The number of anilines is 1. The van der Waals surface area contributed by atoms with Crippen molar-refractivity contribution in [3.8, 4) is 0 Å². The van der Waals surface area contributed by atoms with Crippen molar-refractivity contribution in [2.75, 3.05) is 16.8 Å². The molecule has 1 aromatic carbocycles. The summed E-state index contributed by atoms with van der Waals surface area (Å²) in [6, 6.07) is 7.97. The smallest absolute Gasteiger partial charge is 0.234 e. The Morgan fingerprint density at radius 1 is 1.35 bits per heavy atom. The number of rotatable bonds is 6. The van der Waals surface area contributed by atoms with Gasteiger partial charge >= 0.3 is 0 Å². The lowest BCUT2D eigenvalue weighted by atomic mass is 10.1. The number of aryl methyl sites for hydroxylation is 1. The molecule has 0 bridgehead atoms. The fourth-order valence-corrected chi connectivity index (χ4v) is 2.37. The molecule has 0 heterocycles. The first kappa shape index (κ1) is 14.1. The third-order valence-corrected chi connectivity index (χ3v) is 3.73. The minimum absolute atomic E-state index is 0.0940. The Hall–Kier alpha value is -0.960. The average molecular weight is 251 g/mol. The van der Waals surface area contributed by atoms with Crippen molar-refractivity contribution in [1.82, 2.24) is 0 Å². The van der Waals surface area contributed by atoms with Crippen molar-refractivity contribution in [2.45, 2.75) is 27.2 Å². The molecule has 2 nitrogen and oxygen atoms in total. The van der Waals surface area contributed by atoms with Crippen LogP contribution < -0.4 is 5.32 Å². The monoisotopic (exact) mass is 251 g/mol. The highest BCUT2D eigenvalue weighted by Gasteiger charge is 2.05. The Labute approximate surface area is 108 Å². The van der Waals surface area contributed by atoms with E-state index in [4.69, 9.17) is 0 Å². The molecule has 0 fully saturated rings. The molecular formula is C14H21NOS. The molecule has 1 amide bonds. The van der Waals surface area contributed by atoms with Gasteiger partial charge in [-0.2, -0.15) is 11.8 Å². The van der Waals surface area contributed by atoms with Crippen LogP contribution >= 0.6 is 11.8 Å². The summed E-state index contributed by atoms with van der Waals surface area (Å²) in [4.78, 5) is 11.7. The third-order valence-electron chi connectivity index (χ3n) is 2.36. The van der Waals surface area contributed by atoms with Crippen LogP contribution in [0.5, 0.6) is 0 Å². The van der Waals surface area contributed by atoms with Crippen molar-refractivity contribution in [1.29, 1.82) is 0 Å². The van der Waals surface area contributed by atoms with Gasteiger partial charge in [0.1, 0.15) is 0 Å². The molecule has 0 saturated carbocycles. The maximum Gasteiger partial charge on any atom is 0.234 e. The molecule has 0 aromatic heterocycles. The highest BCUT2D eigenvalue weighted by atomic mass is 32.2. The predicted molar refractivity (Wildman–Crippen MR) is 76.6 cm³/mol. The zero-order valence-electron chi connectivity index (χ0n) is 10.8. The second-order valence-corrected chi connectivity index (χ2v) is 5.50. The van der Waals surface area contributed by atoms with Gasteiger partial charge in [-0.25, -0.2) is 0 Å². The number of nitrogens with one attached hydrogen (secondary N) is 1. The van der Waals surface area contributed by atoms with Gasteiger partial charge in [-0.1, -0.05) is 39.0 Å². The average Bonchev–Trinajstić information content (AvgIpc) is 2.29. The molecule has 17 heavy (non-hydrogen) atoms. The van der Waals surface area contributed by atoms with Crippen LogP contribution in [0.25, 0.3) is 0 Å². The van der Waals surface area contributed by atoms with Crippen molar-refractivity contribution in [2.24, 2.45) is 5.92 Å². The van der Waals surface area contributed by atoms with Crippen LogP contribution in [0, 0.1) is 5.92 Å². The summed E-state index contributed by atoms with van der Waals surface area (Å²) >= 11 is 1.69. The summed E-state index contributed by atoms with van der Waals surface area (Å²) in [6.45, 7) is 6.42. The quantitative estimate of drug-likeness (QED) is 0.837. The topological polar surface area (TPSA) is 29.1 Å². The van der Waals surface area contributed by atoms with Crippen LogP contribution in [0.2, 0.25) is 0 Å². The molecular weight excluding hydrogens is 230 g/mol. The summed E-state index contributed by atoms with van der Waals surface area (Å²) in [7, 11) is 0. The Kier molecular flexibility index (Phi) is 6.12. The second-order valence-electron chi connectivity index (χ2n) is 4.47. The number of carbonyl (C=O) groups is 1. The summed E-state index contributed by atoms with van der Waals surface area (Å²) in [5, 5.41) is 2.98. The van der Waals surface area contributed by atoms with Gasteiger partial charge in [0.05, 0.1) is 5.75 Å². The lowest BCUT2D eigenvalue weighted by molar-refractivity contribution is -0.113. The first-order valence-electron chi connectivity index (χ1n) is 6.09. The minimum Gasteiger partial charge on any atom is -0.325 e. The first-order valence-corrected chi connectivity index (χ1v) is 7.24. The third kappa shape index (κ3) is 5.26. The van der Waals surface area contributed by atoms with E-state index in [1.165, 1.54) is 5.56 Å². The molecule has 1 N–H and O–H groups in total. The Morgan fingerprint density at radius 3 is 2.71 bits per heavy atom. The number of benzene rings is 1. The van der Waals surface area contributed by atoms with E-state index in [1.807, 2.05) is 18.2 Å². The lowest BCUT2D eigenvalue weighted by Gasteiger charge is -2.10. The van der Waals surface area contributed by atoms with E-state index in [0.717, 1.165) is 17.9 Å². The normalized spacial score (nSPS) is 10.6. The second kappa shape index (κ2) is 7.38. The van der Waals surface area contributed by atoms with Gasteiger partial charge in [0.2, 0.25) is 5.91 Å². The van der Waals surface area contributed by atoms with E-state index in [1.54, 1.807) is 11.8 Å². The lowest BCUT2D eigenvalue weighted by Crippen LogP contribution is -2.15. The van der Waals surface area contributed by atoms with Crippen LogP contribution in [0.3, 0.4) is 0 Å². The maximum absolute atomic E-state index is 11.7. The highest BCUT2D eigenvalue weighted by Crippen LogP contribution is 2.16. The van der Waals surface area contributed by atoms with Gasteiger partial charge in [0, 0.05) is 5.69 Å². The van der Waals surface area contributed by atoms with E-state index >= 15 is 0 Å². The van der Waals surface area contributed by atoms with E-state index in [9.17, 15) is 4.79 Å². The molecule has 0 aliphatic rings. The fraction of sp³-hybridized carbons (Fsp3) is 0.500. The molecule has 3 heteroatoms. The summed E-state index contributed by atoms with van der Waals surface area (Å²) in [6.07, 6.45) is 0.940. The standard InChI is InChI=1S/C14H21NOS/c1-4-12-7-5-6-8-13(12)15-14(16)10-17-9-11(2)3/h5-8,11H,4,9-10H2,1-3H3,(H,15,16). The maximum atomic E-state index is 11.7. The Balaban J connectivity index is 2.45. The largest absolute Gasteiger partial charge is 0.325 e. The van der Waals surface area contributed by atoms with Crippen LogP contribution in [-0.2, 0) is 11.2 Å². The summed E-state index contributed by atoms with van der Waals surface area (Å²) < 4.78 is 0. The molecule has 0 aliphatic heterocycles. The molecule has 0 saturated heterocycles. The molecule has 0 spiro atoms. The molecule has 0 aliphatic carbocycles. The summed E-state index contributed by atoms with van der Waals surface area (Å²) in [5.74, 6) is 2.30. The number of amides is 1.